The minimum absolute atomic E-state index is 0.00393. The fraction of sp³-hybridized carbons (Fsp3) is 0.325. The number of aromatic nitrogens is 6. The number of nitrogens with zero attached hydrogens (tertiary/aromatic N) is 7. The Kier molecular flexibility index (Phi) is 10.8. The van der Waals surface area contributed by atoms with Gasteiger partial charge in [0.2, 0.25) is 11.8 Å². The second-order valence-electron chi connectivity index (χ2n) is 15.8. The summed E-state index contributed by atoms with van der Waals surface area (Å²) in [6.07, 6.45) is 4.54. The number of rotatable bonds is 9. The van der Waals surface area contributed by atoms with Crippen LogP contribution in [0.25, 0.3) is 23.4 Å². The summed E-state index contributed by atoms with van der Waals surface area (Å²) in [5, 5.41) is 19.7. The van der Waals surface area contributed by atoms with Crippen molar-refractivity contribution < 1.29 is 46.6 Å². The average Bonchev–Trinajstić information content (AvgIpc) is 4.03. The van der Waals surface area contributed by atoms with Gasteiger partial charge in [0.25, 0.3) is 11.8 Å². The SMILES string of the molecule is CC(C)(C)OC(=O)N(c1cc(Cl)nc2c(/C=C3\CC(=O)NC3=O)cnn12)C1CC1.O=C1C/C(=C\c2cnn3c(NC4CC4)cc(Nc4cccc(OC(F)(F)F)c4)nc23)C(=O)N1. The highest BCUT2D eigenvalue weighted by Crippen LogP contribution is 2.35. The van der Waals surface area contributed by atoms with Gasteiger partial charge in [0, 0.05) is 58.2 Å². The lowest BCUT2D eigenvalue weighted by molar-refractivity contribution is -0.274. The lowest BCUT2D eigenvalue weighted by Gasteiger charge is -2.27. The van der Waals surface area contributed by atoms with Gasteiger partial charge >= 0.3 is 12.5 Å². The number of carbonyl (C=O) groups excluding carboxylic acids is 5. The molecule has 4 aromatic heterocycles. The first-order valence-corrected chi connectivity index (χ1v) is 19.7. The monoisotopic (exact) mass is 875 g/mol. The summed E-state index contributed by atoms with van der Waals surface area (Å²) >= 11 is 6.24. The normalized spacial score (nSPS) is 17.9. The number of anilines is 4. The summed E-state index contributed by atoms with van der Waals surface area (Å²) in [5.41, 5.74) is 2.13. The fourth-order valence-corrected chi connectivity index (χ4v) is 6.68. The zero-order valence-electron chi connectivity index (χ0n) is 33.2. The molecule has 0 unspecified atom stereocenters. The Morgan fingerprint density at radius 2 is 1.48 bits per heavy atom. The van der Waals surface area contributed by atoms with E-state index in [-0.39, 0.29) is 47.6 Å². The van der Waals surface area contributed by atoms with Crippen LogP contribution >= 0.6 is 11.6 Å². The van der Waals surface area contributed by atoms with Crippen molar-refractivity contribution in [1.29, 1.82) is 0 Å². The standard InChI is InChI=1S/C21H17F3N6O3.C19H20ClN5O4/c22-21(23,24)33-15-3-1-2-14(8-15)26-16-9-17(27-13-4-5-13)30-19(28-16)12(10-25-30)6-11-7-18(31)29-20(11)32;1-19(2,3)29-18(28)24(12-4-5-12)15-8-13(20)22-16-11(9-21-25(15)16)6-10-7-14(26)23-17(10)27/h1-3,6,8-10,13,27H,4-5,7H2,(H,26,28)(H,29,31,32);6,8-9,12H,4-5,7H2,1-3H3,(H,23,26,27)/b11-6+;10-6+. The molecule has 6 heterocycles. The summed E-state index contributed by atoms with van der Waals surface area (Å²) in [6.45, 7) is 5.41. The van der Waals surface area contributed by atoms with Crippen molar-refractivity contribution in [3.05, 3.63) is 76.2 Å². The van der Waals surface area contributed by atoms with E-state index < -0.39 is 29.9 Å². The van der Waals surface area contributed by atoms with Gasteiger partial charge in [-0.2, -0.15) is 19.2 Å². The minimum Gasteiger partial charge on any atom is -0.443 e. The third-order valence-electron chi connectivity index (χ3n) is 9.42. The molecule has 4 fully saturated rings. The number of hydrogen-bond acceptors (Lipinski definition) is 13. The van der Waals surface area contributed by atoms with Gasteiger partial charge in [-0.3, -0.25) is 34.7 Å². The highest BCUT2D eigenvalue weighted by atomic mass is 35.5. The first-order chi connectivity index (χ1) is 29.4. The number of amides is 5. The Morgan fingerprint density at radius 1 is 0.871 bits per heavy atom. The molecule has 4 aliphatic rings. The Bertz CT molecular complexity index is 2730. The van der Waals surface area contributed by atoms with Crippen LogP contribution in [0.15, 0.2) is 59.9 Å². The van der Waals surface area contributed by atoms with Crippen molar-refractivity contribution in [2.75, 3.05) is 15.5 Å². The number of ether oxygens (including phenoxy) is 2. The largest absolute Gasteiger partial charge is 0.573 e. The molecule has 22 heteroatoms. The van der Waals surface area contributed by atoms with Gasteiger partial charge in [0.15, 0.2) is 11.3 Å². The zero-order chi connectivity index (χ0) is 44.1. The molecule has 5 amide bonds. The molecule has 2 aliphatic heterocycles. The molecule has 62 heavy (non-hydrogen) atoms. The van der Waals surface area contributed by atoms with Gasteiger partial charge in [-0.25, -0.2) is 14.8 Å². The number of fused-ring (bicyclic) bond motifs is 2. The van der Waals surface area contributed by atoms with Crippen LogP contribution in [0.1, 0.15) is 70.4 Å². The maximum absolute atomic E-state index is 12.9. The zero-order valence-corrected chi connectivity index (χ0v) is 33.9. The van der Waals surface area contributed by atoms with Crippen LogP contribution in [-0.2, 0) is 23.9 Å². The number of carbonyl (C=O) groups is 5. The quantitative estimate of drug-likeness (QED) is 0.0750. The number of halogens is 4. The van der Waals surface area contributed by atoms with Crippen molar-refractivity contribution in [2.45, 2.75) is 83.3 Å². The van der Waals surface area contributed by atoms with E-state index in [0.29, 0.717) is 56.7 Å². The Labute approximate surface area is 354 Å². The molecule has 0 spiro atoms. The number of alkyl halides is 3. The van der Waals surface area contributed by atoms with Gasteiger partial charge in [0.05, 0.1) is 25.2 Å². The second-order valence-corrected chi connectivity index (χ2v) is 16.2. The van der Waals surface area contributed by atoms with E-state index in [1.807, 2.05) is 0 Å². The van der Waals surface area contributed by atoms with Crippen LogP contribution in [0.3, 0.4) is 0 Å². The first-order valence-electron chi connectivity index (χ1n) is 19.3. The number of benzene rings is 1. The molecular formula is C40H37ClF3N11O7. The van der Waals surface area contributed by atoms with Crippen molar-refractivity contribution in [3.63, 3.8) is 0 Å². The third kappa shape index (κ3) is 9.78. The topological polar surface area (TPSA) is 216 Å². The molecule has 2 aliphatic carbocycles. The molecule has 18 nitrogen and oxygen atoms in total. The van der Waals surface area contributed by atoms with E-state index in [9.17, 15) is 37.1 Å². The Hall–Kier alpha value is -7.03. The van der Waals surface area contributed by atoms with Gasteiger partial charge in [0.1, 0.15) is 34.0 Å². The third-order valence-corrected chi connectivity index (χ3v) is 9.61. The molecule has 1 aromatic carbocycles. The molecule has 322 valence electrons. The second kappa shape index (κ2) is 16.1. The van der Waals surface area contributed by atoms with Crippen molar-refractivity contribution >= 4 is 87.9 Å². The molecule has 0 bridgehead atoms. The lowest BCUT2D eigenvalue weighted by atomic mass is 10.1. The van der Waals surface area contributed by atoms with Crippen LogP contribution < -0.4 is 30.9 Å². The van der Waals surface area contributed by atoms with Crippen molar-refractivity contribution in [2.24, 2.45) is 0 Å². The summed E-state index contributed by atoms with van der Waals surface area (Å²) < 4.78 is 50.3. The van der Waals surface area contributed by atoms with E-state index in [4.69, 9.17) is 16.3 Å². The molecule has 5 aromatic rings. The molecule has 9 rings (SSSR count). The molecule has 0 radical (unpaired) electrons. The summed E-state index contributed by atoms with van der Waals surface area (Å²) in [6, 6.07) is 8.95. The minimum atomic E-state index is -4.80. The smallest absolute Gasteiger partial charge is 0.443 e. The summed E-state index contributed by atoms with van der Waals surface area (Å²) in [5.74, 6) is -0.586. The van der Waals surface area contributed by atoms with Gasteiger partial charge in [-0.05, 0) is 70.7 Å². The maximum Gasteiger partial charge on any atom is 0.573 e. The van der Waals surface area contributed by atoms with Crippen molar-refractivity contribution in [1.82, 2.24) is 39.8 Å². The lowest BCUT2D eigenvalue weighted by Crippen LogP contribution is -2.39. The number of nitrogens with one attached hydrogen (secondary N) is 4. The molecule has 0 atom stereocenters. The predicted molar refractivity (Wildman–Crippen MR) is 217 cm³/mol. The number of imide groups is 2. The van der Waals surface area contributed by atoms with Gasteiger partial charge < -0.3 is 20.1 Å². The van der Waals surface area contributed by atoms with Crippen LogP contribution in [-0.4, -0.2) is 83.0 Å². The molecule has 4 N–H and O–H groups in total. The van der Waals surface area contributed by atoms with E-state index in [1.54, 1.807) is 60.5 Å². The molecular weight excluding hydrogens is 839 g/mol. The molecule has 2 saturated heterocycles. The summed E-state index contributed by atoms with van der Waals surface area (Å²) in [7, 11) is 0. The average molecular weight is 876 g/mol. The van der Waals surface area contributed by atoms with E-state index >= 15 is 0 Å². The van der Waals surface area contributed by atoms with E-state index in [2.05, 4.69) is 46.2 Å². The van der Waals surface area contributed by atoms with Gasteiger partial charge in [-0.15, -0.1) is 13.2 Å². The highest BCUT2D eigenvalue weighted by molar-refractivity contribution is 6.30. The maximum atomic E-state index is 12.9. The van der Waals surface area contributed by atoms with Crippen molar-refractivity contribution in [3.8, 4) is 5.75 Å². The predicted octanol–water partition coefficient (Wildman–Crippen LogP) is 6.09. The van der Waals surface area contributed by atoms with Crippen LogP contribution in [0.4, 0.5) is 41.1 Å². The first kappa shape index (κ1) is 41.7. The van der Waals surface area contributed by atoms with Gasteiger partial charge in [-0.1, -0.05) is 17.7 Å². The highest BCUT2D eigenvalue weighted by Gasteiger charge is 2.39. The van der Waals surface area contributed by atoms with E-state index in [1.165, 1.54) is 35.1 Å². The Morgan fingerprint density at radius 3 is 2.03 bits per heavy atom. The number of hydrogen-bond donors (Lipinski definition) is 4. The van der Waals surface area contributed by atoms with Crippen LogP contribution in [0, 0.1) is 0 Å². The van der Waals surface area contributed by atoms with Crippen LogP contribution in [0.5, 0.6) is 5.75 Å². The Balaban J connectivity index is 0.000000172. The summed E-state index contributed by atoms with van der Waals surface area (Å²) in [4.78, 5) is 70.0. The van der Waals surface area contributed by atoms with E-state index in [0.717, 1.165) is 25.7 Å². The molecule has 2 saturated carbocycles. The fourth-order valence-electron chi connectivity index (χ4n) is 6.50. The van der Waals surface area contributed by atoms with Crippen LogP contribution in [0.2, 0.25) is 5.15 Å².